The van der Waals surface area contributed by atoms with E-state index in [-0.39, 0.29) is 16.3 Å². The molecule has 112 valence electrons. The number of hydrogen-bond acceptors (Lipinski definition) is 7. The SMILES string of the molecule is COC(=O)C(=O)/C=C(/O)c1cc(Cl)cc([N+](=O)[O-])c1OC. The molecule has 0 aliphatic heterocycles. The molecule has 0 saturated carbocycles. The summed E-state index contributed by atoms with van der Waals surface area (Å²) in [6.07, 6.45) is 0.559. The van der Waals surface area contributed by atoms with Gasteiger partial charge in [0.25, 0.3) is 5.78 Å². The maximum atomic E-state index is 11.3. The van der Waals surface area contributed by atoms with E-state index in [0.29, 0.717) is 6.08 Å². The molecule has 0 fully saturated rings. The highest BCUT2D eigenvalue weighted by atomic mass is 35.5. The van der Waals surface area contributed by atoms with Gasteiger partial charge in [-0.3, -0.25) is 14.9 Å². The quantitative estimate of drug-likeness (QED) is 0.220. The largest absolute Gasteiger partial charge is 0.507 e. The van der Waals surface area contributed by atoms with Gasteiger partial charge in [-0.1, -0.05) is 11.6 Å². The van der Waals surface area contributed by atoms with Crippen LogP contribution >= 0.6 is 11.6 Å². The minimum Gasteiger partial charge on any atom is -0.507 e. The van der Waals surface area contributed by atoms with Gasteiger partial charge in [0.05, 0.1) is 24.7 Å². The average Bonchev–Trinajstić information content (AvgIpc) is 2.44. The van der Waals surface area contributed by atoms with Crippen molar-refractivity contribution < 1.29 is 29.1 Å². The second-order valence-electron chi connectivity index (χ2n) is 3.65. The van der Waals surface area contributed by atoms with E-state index < -0.39 is 28.1 Å². The highest BCUT2D eigenvalue weighted by molar-refractivity contribution is 6.39. The molecule has 1 N–H and O–H groups in total. The molecule has 1 aromatic carbocycles. The topological polar surface area (TPSA) is 116 Å². The first-order chi connectivity index (χ1) is 9.81. The summed E-state index contributed by atoms with van der Waals surface area (Å²) in [5.74, 6) is -3.35. The molecule has 1 rings (SSSR count). The summed E-state index contributed by atoms with van der Waals surface area (Å²) in [6, 6.07) is 2.18. The van der Waals surface area contributed by atoms with E-state index in [0.717, 1.165) is 26.4 Å². The fourth-order valence-electron chi connectivity index (χ4n) is 1.48. The predicted molar refractivity (Wildman–Crippen MR) is 72.3 cm³/mol. The molecule has 0 heterocycles. The molecule has 1 aromatic rings. The van der Waals surface area contributed by atoms with Crippen molar-refractivity contribution in [2.24, 2.45) is 0 Å². The van der Waals surface area contributed by atoms with Gasteiger partial charge in [-0.05, 0) is 6.07 Å². The van der Waals surface area contributed by atoms with Crippen molar-refractivity contribution >= 4 is 34.8 Å². The highest BCUT2D eigenvalue weighted by Gasteiger charge is 2.23. The van der Waals surface area contributed by atoms with Crippen LogP contribution in [0.2, 0.25) is 5.02 Å². The first kappa shape index (κ1) is 16.4. The molecular formula is C12H10ClNO7. The Morgan fingerprint density at radius 1 is 1.38 bits per heavy atom. The normalized spacial score (nSPS) is 10.9. The average molecular weight is 316 g/mol. The zero-order valence-electron chi connectivity index (χ0n) is 11.0. The summed E-state index contributed by atoms with van der Waals surface area (Å²) in [7, 11) is 2.14. The van der Waals surface area contributed by atoms with E-state index in [1.165, 1.54) is 0 Å². The number of carbonyl (C=O) groups excluding carboxylic acids is 2. The van der Waals surface area contributed by atoms with Gasteiger partial charge >= 0.3 is 11.7 Å². The summed E-state index contributed by atoms with van der Waals surface area (Å²) >= 11 is 5.72. The minimum absolute atomic E-state index is 0.0528. The van der Waals surface area contributed by atoms with E-state index in [9.17, 15) is 24.8 Å². The van der Waals surface area contributed by atoms with Gasteiger partial charge in [0.15, 0.2) is 0 Å². The van der Waals surface area contributed by atoms with Crippen molar-refractivity contribution in [3.63, 3.8) is 0 Å². The van der Waals surface area contributed by atoms with E-state index in [1.807, 2.05) is 0 Å². The van der Waals surface area contributed by atoms with Crippen molar-refractivity contribution in [2.45, 2.75) is 0 Å². The van der Waals surface area contributed by atoms with Crippen LogP contribution in [0.25, 0.3) is 5.76 Å². The zero-order chi connectivity index (χ0) is 16.2. The van der Waals surface area contributed by atoms with Gasteiger partial charge in [0.2, 0.25) is 5.75 Å². The molecule has 9 heteroatoms. The van der Waals surface area contributed by atoms with Crippen LogP contribution in [0.3, 0.4) is 0 Å². The van der Waals surface area contributed by atoms with Gasteiger partial charge in [0, 0.05) is 17.2 Å². The molecule has 0 saturated heterocycles. The summed E-state index contributed by atoms with van der Waals surface area (Å²) in [6.45, 7) is 0. The monoisotopic (exact) mass is 315 g/mol. The lowest BCUT2D eigenvalue weighted by atomic mass is 10.1. The Balaban J connectivity index is 3.42. The standard InChI is InChI=1S/C12H10ClNO7/c1-20-11-7(3-6(13)4-8(11)14(18)19)9(15)5-10(16)12(17)21-2/h3-5,15H,1-2H3/b9-5+. The molecule has 0 atom stereocenters. The van der Waals surface area contributed by atoms with Crippen molar-refractivity contribution in [1.82, 2.24) is 0 Å². The summed E-state index contributed by atoms with van der Waals surface area (Å²) < 4.78 is 9.03. The Hall–Kier alpha value is -2.61. The first-order valence-corrected chi connectivity index (χ1v) is 5.74. The first-order valence-electron chi connectivity index (χ1n) is 5.37. The van der Waals surface area contributed by atoms with Gasteiger partial charge in [-0.2, -0.15) is 0 Å². The number of nitrogens with zero attached hydrogens (tertiary/aromatic N) is 1. The van der Waals surface area contributed by atoms with Crippen LogP contribution in [-0.2, 0) is 14.3 Å². The van der Waals surface area contributed by atoms with Crippen LogP contribution in [0.5, 0.6) is 5.75 Å². The number of hydrogen-bond donors (Lipinski definition) is 1. The maximum Gasteiger partial charge on any atom is 0.378 e. The Kier molecular flexibility index (Phi) is 5.25. The van der Waals surface area contributed by atoms with Crippen molar-refractivity contribution in [3.8, 4) is 5.75 Å². The minimum atomic E-state index is -1.20. The second kappa shape index (κ2) is 6.71. The van der Waals surface area contributed by atoms with Crippen LogP contribution in [-0.4, -0.2) is 36.0 Å². The second-order valence-corrected chi connectivity index (χ2v) is 4.08. The lowest BCUT2D eigenvalue weighted by Crippen LogP contribution is -2.13. The Bertz CT molecular complexity index is 639. The fourth-order valence-corrected chi connectivity index (χ4v) is 1.69. The Morgan fingerprint density at radius 2 is 2.00 bits per heavy atom. The molecule has 21 heavy (non-hydrogen) atoms. The van der Waals surface area contributed by atoms with Crippen molar-refractivity contribution in [3.05, 3.63) is 38.9 Å². The number of carbonyl (C=O) groups is 2. The van der Waals surface area contributed by atoms with Crippen LogP contribution < -0.4 is 4.74 Å². The lowest BCUT2D eigenvalue weighted by Gasteiger charge is -2.08. The molecule has 0 spiro atoms. The van der Waals surface area contributed by atoms with Crippen molar-refractivity contribution in [2.75, 3.05) is 14.2 Å². The predicted octanol–water partition coefficient (Wildman–Crippen LogP) is 1.90. The van der Waals surface area contributed by atoms with Gasteiger partial charge in [-0.25, -0.2) is 4.79 Å². The van der Waals surface area contributed by atoms with Gasteiger partial charge in [-0.15, -0.1) is 0 Å². The number of esters is 1. The maximum absolute atomic E-state index is 11.3. The van der Waals surface area contributed by atoms with Crippen LogP contribution in [0, 0.1) is 10.1 Å². The summed E-state index contributed by atoms with van der Waals surface area (Å²) in [5.41, 5.74) is -0.695. The molecule has 0 aliphatic rings. The Labute approximate surface area is 123 Å². The van der Waals surface area contributed by atoms with Crippen LogP contribution in [0.15, 0.2) is 18.2 Å². The number of aliphatic hydroxyl groups is 1. The molecule has 0 aliphatic carbocycles. The zero-order valence-corrected chi connectivity index (χ0v) is 11.7. The molecule has 0 amide bonds. The number of halogens is 1. The molecule has 0 bridgehead atoms. The number of rotatable bonds is 5. The van der Waals surface area contributed by atoms with E-state index in [1.54, 1.807) is 0 Å². The Morgan fingerprint density at radius 3 is 2.48 bits per heavy atom. The van der Waals surface area contributed by atoms with Crippen molar-refractivity contribution in [1.29, 1.82) is 0 Å². The summed E-state index contributed by atoms with van der Waals surface area (Å²) in [4.78, 5) is 32.5. The van der Waals surface area contributed by atoms with E-state index in [4.69, 9.17) is 16.3 Å². The summed E-state index contributed by atoms with van der Waals surface area (Å²) in [5, 5.41) is 20.7. The number of nitro groups is 1. The lowest BCUT2D eigenvalue weighted by molar-refractivity contribution is -0.385. The molecule has 0 unspecified atom stereocenters. The molecule has 0 radical (unpaired) electrons. The van der Waals surface area contributed by atoms with E-state index >= 15 is 0 Å². The van der Waals surface area contributed by atoms with Crippen LogP contribution in [0.1, 0.15) is 5.56 Å². The number of ketones is 1. The number of benzene rings is 1. The van der Waals surface area contributed by atoms with Crippen LogP contribution in [0.4, 0.5) is 5.69 Å². The highest BCUT2D eigenvalue weighted by Crippen LogP contribution is 2.37. The third-order valence-electron chi connectivity index (χ3n) is 2.37. The number of aliphatic hydroxyl groups excluding tert-OH is 1. The molecule has 0 aromatic heterocycles. The molecular weight excluding hydrogens is 306 g/mol. The van der Waals surface area contributed by atoms with Gasteiger partial charge < -0.3 is 14.6 Å². The third-order valence-corrected chi connectivity index (χ3v) is 2.58. The number of ether oxygens (including phenoxy) is 2. The molecule has 8 nitrogen and oxygen atoms in total. The fraction of sp³-hybridized carbons (Fsp3) is 0.167. The number of methoxy groups -OCH3 is 2. The van der Waals surface area contributed by atoms with Gasteiger partial charge in [0.1, 0.15) is 5.76 Å². The smallest absolute Gasteiger partial charge is 0.378 e. The number of nitro benzene ring substituents is 1. The third kappa shape index (κ3) is 3.69. The van der Waals surface area contributed by atoms with E-state index in [2.05, 4.69) is 4.74 Å².